The number of piperazine rings is 1. The Morgan fingerprint density at radius 3 is 2.45 bits per heavy atom. The molecule has 0 spiro atoms. The first kappa shape index (κ1) is 18.6. The van der Waals surface area contributed by atoms with E-state index in [0.717, 1.165) is 48.2 Å². The zero-order chi connectivity index (χ0) is 20.9. The predicted octanol–water partition coefficient (Wildman–Crippen LogP) is 3.46. The van der Waals surface area contributed by atoms with Gasteiger partial charge in [0.2, 0.25) is 0 Å². The van der Waals surface area contributed by atoms with Gasteiger partial charge in [0.15, 0.2) is 0 Å². The number of hydrogen-bond acceptors (Lipinski definition) is 7. The van der Waals surface area contributed by atoms with Crippen LogP contribution in [0.3, 0.4) is 0 Å². The smallest absolute Gasteiger partial charge is 0.253 e. The number of para-hydroxylation sites is 1. The summed E-state index contributed by atoms with van der Waals surface area (Å²) in [5.41, 5.74) is 2.59. The van der Waals surface area contributed by atoms with Crippen LogP contribution in [-0.2, 0) is 0 Å². The van der Waals surface area contributed by atoms with Gasteiger partial charge in [0.25, 0.3) is 10.9 Å². The quantitative estimate of drug-likeness (QED) is 0.489. The molecule has 1 N–H and O–H groups in total. The molecule has 1 saturated heterocycles. The van der Waals surface area contributed by atoms with Gasteiger partial charge in [0.1, 0.15) is 17.2 Å². The molecular formula is C24H22N4O2S. The number of anilines is 3. The number of thiophene rings is 1. The van der Waals surface area contributed by atoms with Crippen LogP contribution in [0.2, 0.25) is 0 Å². The van der Waals surface area contributed by atoms with E-state index in [1.54, 1.807) is 11.3 Å². The first-order valence-electron chi connectivity index (χ1n) is 10.7. The van der Waals surface area contributed by atoms with Crippen LogP contribution in [0, 0.1) is 0 Å². The summed E-state index contributed by atoms with van der Waals surface area (Å²) in [7, 11) is 0. The van der Waals surface area contributed by atoms with Crippen LogP contribution in [0.15, 0.2) is 57.4 Å². The van der Waals surface area contributed by atoms with Crippen LogP contribution >= 0.6 is 11.3 Å². The molecule has 2 fully saturated rings. The second-order valence-electron chi connectivity index (χ2n) is 8.30. The Bertz CT molecular complexity index is 1330. The molecule has 2 aromatic heterocycles. The first-order valence-corrected chi connectivity index (χ1v) is 11.6. The molecule has 6 rings (SSSR count). The minimum absolute atomic E-state index is 0.346. The number of fused-ring (bicyclic) bond motifs is 1. The summed E-state index contributed by atoms with van der Waals surface area (Å²) in [6.45, 7) is 2.94. The number of benzene rings is 1. The molecular weight excluding hydrogens is 408 g/mol. The Morgan fingerprint density at radius 2 is 1.71 bits per heavy atom. The van der Waals surface area contributed by atoms with E-state index in [0.29, 0.717) is 30.5 Å². The molecule has 0 bridgehead atoms. The van der Waals surface area contributed by atoms with Crippen molar-refractivity contribution in [3.8, 4) is 10.4 Å². The molecule has 1 aliphatic carbocycles. The van der Waals surface area contributed by atoms with Crippen LogP contribution in [0.4, 0.5) is 17.2 Å². The Balaban J connectivity index is 1.24. The normalized spacial score (nSPS) is 16.9. The number of aromatic nitrogens is 1. The van der Waals surface area contributed by atoms with E-state index in [4.69, 9.17) is 4.98 Å². The largest absolute Gasteiger partial charge is 0.377 e. The molecule has 0 atom stereocenters. The average Bonchev–Trinajstić information content (AvgIpc) is 3.48. The highest BCUT2D eigenvalue weighted by molar-refractivity contribution is 7.13. The summed E-state index contributed by atoms with van der Waals surface area (Å²) in [5, 5.41) is 6.46. The summed E-state index contributed by atoms with van der Waals surface area (Å²) in [6.07, 6.45) is 2.15. The number of pyridine rings is 1. The maximum absolute atomic E-state index is 12.2. The van der Waals surface area contributed by atoms with Gasteiger partial charge in [-0.15, -0.1) is 11.3 Å². The zero-order valence-electron chi connectivity index (χ0n) is 17.0. The summed E-state index contributed by atoms with van der Waals surface area (Å²) in [4.78, 5) is 34.8. The van der Waals surface area contributed by atoms with Crippen molar-refractivity contribution in [3.05, 3.63) is 68.3 Å². The van der Waals surface area contributed by atoms with Gasteiger partial charge in [-0.3, -0.25) is 9.59 Å². The van der Waals surface area contributed by atoms with Crippen LogP contribution in [-0.4, -0.2) is 37.2 Å². The summed E-state index contributed by atoms with van der Waals surface area (Å²) < 4.78 is 0. The maximum Gasteiger partial charge on any atom is 0.253 e. The van der Waals surface area contributed by atoms with Crippen molar-refractivity contribution in [3.63, 3.8) is 0 Å². The lowest BCUT2D eigenvalue weighted by Gasteiger charge is -2.37. The number of nitrogens with one attached hydrogen (secondary N) is 1. The van der Waals surface area contributed by atoms with Crippen molar-refractivity contribution >= 4 is 39.4 Å². The minimum atomic E-state index is -0.360. The third-order valence-electron chi connectivity index (χ3n) is 6.22. The topological polar surface area (TPSA) is 65.5 Å². The molecule has 31 heavy (non-hydrogen) atoms. The van der Waals surface area contributed by atoms with E-state index >= 15 is 0 Å². The fraction of sp³-hybridized carbons (Fsp3) is 0.292. The fourth-order valence-electron chi connectivity index (χ4n) is 4.35. The van der Waals surface area contributed by atoms with E-state index in [1.807, 2.05) is 0 Å². The highest BCUT2D eigenvalue weighted by Crippen LogP contribution is 2.33. The van der Waals surface area contributed by atoms with Gasteiger partial charge >= 0.3 is 0 Å². The Morgan fingerprint density at radius 1 is 0.903 bits per heavy atom. The van der Waals surface area contributed by atoms with Gasteiger partial charge < -0.3 is 15.1 Å². The molecule has 3 heterocycles. The second-order valence-corrected chi connectivity index (χ2v) is 9.25. The van der Waals surface area contributed by atoms with Crippen molar-refractivity contribution in [2.75, 3.05) is 41.3 Å². The number of rotatable bonds is 5. The fourth-order valence-corrected chi connectivity index (χ4v) is 5.10. The number of nitrogens with zero attached hydrogens (tertiary/aromatic N) is 3. The first-order chi connectivity index (χ1) is 15.2. The summed E-state index contributed by atoms with van der Waals surface area (Å²) in [6, 6.07) is 15.1. The van der Waals surface area contributed by atoms with Crippen LogP contribution in [0.25, 0.3) is 21.3 Å². The third kappa shape index (κ3) is 3.20. The lowest BCUT2D eigenvalue weighted by molar-refractivity contribution is 0.645. The van der Waals surface area contributed by atoms with Gasteiger partial charge in [0, 0.05) is 48.0 Å². The standard InChI is InChI=1S/C24H22N4O2S/c29-23-21(25-16-7-8-16)22(24(23)30)28-12-10-27(11-13-28)19-9-6-15-3-1-4-17(20(15)26-19)18-5-2-14-31-18/h1-6,9,14,16,25H,7-8,10-13H2. The van der Waals surface area contributed by atoms with Crippen molar-refractivity contribution < 1.29 is 0 Å². The van der Waals surface area contributed by atoms with Gasteiger partial charge in [-0.25, -0.2) is 4.98 Å². The third-order valence-corrected chi connectivity index (χ3v) is 7.13. The molecule has 6 nitrogen and oxygen atoms in total. The van der Waals surface area contributed by atoms with Crippen molar-refractivity contribution in [2.24, 2.45) is 0 Å². The summed E-state index contributed by atoms with van der Waals surface area (Å²) >= 11 is 1.72. The molecule has 156 valence electrons. The van der Waals surface area contributed by atoms with E-state index in [9.17, 15) is 9.59 Å². The maximum atomic E-state index is 12.2. The van der Waals surface area contributed by atoms with Crippen LogP contribution in [0.1, 0.15) is 12.8 Å². The van der Waals surface area contributed by atoms with Crippen LogP contribution < -0.4 is 26.0 Å². The minimum Gasteiger partial charge on any atom is -0.377 e. The van der Waals surface area contributed by atoms with E-state index in [-0.39, 0.29) is 10.9 Å². The Labute approximate surface area is 183 Å². The van der Waals surface area contributed by atoms with E-state index in [1.165, 1.54) is 4.88 Å². The highest BCUT2D eigenvalue weighted by Gasteiger charge is 2.32. The Kier molecular flexibility index (Phi) is 4.31. The van der Waals surface area contributed by atoms with Gasteiger partial charge in [-0.2, -0.15) is 0 Å². The highest BCUT2D eigenvalue weighted by atomic mass is 32.1. The molecule has 2 aromatic carbocycles. The van der Waals surface area contributed by atoms with Gasteiger partial charge in [-0.05, 0) is 36.4 Å². The molecule has 4 aromatic rings. The van der Waals surface area contributed by atoms with E-state index in [2.05, 4.69) is 63.0 Å². The van der Waals surface area contributed by atoms with Gasteiger partial charge in [0.05, 0.1) is 5.52 Å². The second kappa shape index (κ2) is 7.20. The predicted molar refractivity (Wildman–Crippen MR) is 127 cm³/mol. The molecule has 0 radical (unpaired) electrons. The molecule has 0 amide bonds. The summed E-state index contributed by atoms with van der Waals surface area (Å²) in [5.74, 6) is 0.956. The number of hydrogen-bond donors (Lipinski definition) is 1. The van der Waals surface area contributed by atoms with Crippen molar-refractivity contribution in [1.82, 2.24) is 4.98 Å². The lowest BCUT2D eigenvalue weighted by Crippen LogP contribution is -2.52. The lowest BCUT2D eigenvalue weighted by atomic mass is 10.1. The van der Waals surface area contributed by atoms with Crippen molar-refractivity contribution in [1.29, 1.82) is 0 Å². The Hall–Kier alpha value is -3.19. The molecule has 7 heteroatoms. The molecule has 1 aliphatic heterocycles. The molecule has 0 unspecified atom stereocenters. The zero-order valence-corrected chi connectivity index (χ0v) is 17.8. The monoisotopic (exact) mass is 430 g/mol. The molecule has 2 aliphatic rings. The van der Waals surface area contributed by atoms with E-state index < -0.39 is 0 Å². The SMILES string of the molecule is O=c1c(NC2CC2)c(N2CCN(c3ccc4cccc(-c5cccs5)c4n3)CC2)c1=O. The van der Waals surface area contributed by atoms with Crippen LogP contribution in [0.5, 0.6) is 0 Å². The molecule has 1 saturated carbocycles. The van der Waals surface area contributed by atoms with Gasteiger partial charge in [-0.1, -0.05) is 24.3 Å². The average molecular weight is 431 g/mol. The van der Waals surface area contributed by atoms with Crippen molar-refractivity contribution in [2.45, 2.75) is 18.9 Å².